The molecule has 29 nitrogen and oxygen atoms in total. The number of carbonyl (C=O) groups is 8. The molecule has 12 aliphatic heterocycles. The summed E-state index contributed by atoms with van der Waals surface area (Å²) in [5.74, 6) is -0.574. The first-order valence-corrected chi connectivity index (χ1v) is 33.8. The molecule has 3 N–H and O–H groups in total. The van der Waals surface area contributed by atoms with Crippen molar-refractivity contribution in [3.05, 3.63) is 53.2 Å². The van der Waals surface area contributed by atoms with Crippen molar-refractivity contribution in [2.45, 2.75) is 89.9 Å². The Morgan fingerprint density at radius 1 is 0.421 bits per heavy atom. The lowest BCUT2D eigenvalue weighted by Crippen LogP contribution is -2.38. The van der Waals surface area contributed by atoms with Crippen LogP contribution in [0.5, 0.6) is 0 Å². The van der Waals surface area contributed by atoms with E-state index in [1.54, 1.807) is 54.1 Å². The average molecular weight is 1340 g/mol. The third-order valence-corrected chi connectivity index (χ3v) is 17.1. The molecule has 0 aliphatic carbocycles. The first kappa shape index (κ1) is 84.5. The van der Waals surface area contributed by atoms with Gasteiger partial charge in [-0.05, 0) is 196 Å². The van der Waals surface area contributed by atoms with Gasteiger partial charge in [0.2, 0.25) is 23.3 Å². The van der Waals surface area contributed by atoms with Crippen LogP contribution >= 0.6 is 0 Å². The van der Waals surface area contributed by atoms with Crippen LogP contribution in [-0.2, 0) is 47.5 Å². The van der Waals surface area contributed by atoms with E-state index < -0.39 is 6.09 Å². The summed E-state index contributed by atoms with van der Waals surface area (Å²) in [4.78, 5) is 114. The van der Waals surface area contributed by atoms with Crippen LogP contribution in [0.25, 0.3) is 0 Å². The predicted octanol–water partition coefficient (Wildman–Crippen LogP) is 2.92. The zero-order valence-electron chi connectivity index (χ0n) is 60.2. The van der Waals surface area contributed by atoms with E-state index in [1.165, 1.54) is 192 Å². The van der Waals surface area contributed by atoms with Gasteiger partial charge in [0.05, 0.1) is 26.3 Å². The number of pyridine rings is 1. The number of likely N-dealkylation sites (N-methyl/N-ethyl adjacent to an activating group) is 5. The van der Waals surface area contributed by atoms with Gasteiger partial charge in [-0.15, -0.1) is 0 Å². The summed E-state index contributed by atoms with van der Waals surface area (Å²) in [7, 11) is 24.5. The maximum absolute atomic E-state index is 10.6. The number of amides is 10. The normalized spacial score (nSPS) is 21.5. The zero-order chi connectivity index (χ0) is 70.6. The fraction of sp³-hybridized carbons (Fsp3) is 0.758. The van der Waals surface area contributed by atoms with E-state index in [9.17, 15) is 43.2 Å². The molecule has 542 valence electrons. The SMILES string of the molecule is CN1C(=O)CCC1=O.CN1C(=O)CNC1=O.CN1C(=O)COC1=O.CN1CCC1.CN1CCC2(CCNCC2)C1.CN1CCCC1.CN1CCCCC1.CN1CCCCC1.CN1CCNC1=O.CN1CCOC1=O.CN1CCOCC1.Cn1ccccc1=O.Cn1cccn1. The van der Waals surface area contributed by atoms with E-state index in [1.807, 2.05) is 25.4 Å². The number of aromatic nitrogens is 3. The number of imide groups is 3. The highest BCUT2D eigenvalue weighted by Crippen LogP contribution is 2.37. The van der Waals surface area contributed by atoms with Crippen LogP contribution in [0.15, 0.2) is 47.7 Å². The van der Waals surface area contributed by atoms with Gasteiger partial charge in [0.25, 0.3) is 5.91 Å². The number of cyclic esters (lactones) is 2. The van der Waals surface area contributed by atoms with Crippen LogP contribution in [-0.4, -0.2) is 338 Å². The van der Waals surface area contributed by atoms with Crippen LogP contribution in [0.3, 0.4) is 0 Å². The molecule has 1 spiro atoms. The lowest BCUT2D eigenvalue weighted by molar-refractivity contribution is -0.136. The van der Waals surface area contributed by atoms with Crippen molar-refractivity contribution >= 4 is 47.9 Å². The van der Waals surface area contributed by atoms with Crippen molar-refractivity contribution in [1.82, 2.24) is 84.2 Å². The number of hydrogen-bond donors (Lipinski definition) is 3. The first-order chi connectivity index (χ1) is 45.2. The van der Waals surface area contributed by atoms with Crippen molar-refractivity contribution in [3.63, 3.8) is 0 Å². The summed E-state index contributed by atoms with van der Waals surface area (Å²) >= 11 is 0. The van der Waals surface area contributed by atoms with Gasteiger partial charge in [0.15, 0.2) is 6.61 Å². The molecule has 2 aromatic heterocycles. The van der Waals surface area contributed by atoms with E-state index in [-0.39, 0.29) is 60.5 Å². The van der Waals surface area contributed by atoms with E-state index in [0.29, 0.717) is 24.9 Å². The molecule has 14 heterocycles. The van der Waals surface area contributed by atoms with Crippen LogP contribution in [0, 0.1) is 5.41 Å². The molecule has 12 fully saturated rings. The lowest BCUT2D eigenvalue weighted by atomic mass is 9.78. The second kappa shape index (κ2) is 49.0. The summed E-state index contributed by atoms with van der Waals surface area (Å²) in [6.07, 6.45) is 22.4. The minimum Gasteiger partial charge on any atom is -0.448 e. The highest BCUT2D eigenvalue weighted by molar-refractivity contribution is 6.02. The van der Waals surface area contributed by atoms with E-state index >= 15 is 0 Å². The van der Waals surface area contributed by atoms with Crippen LogP contribution < -0.4 is 21.5 Å². The highest BCUT2D eigenvalue weighted by atomic mass is 16.6. The maximum atomic E-state index is 10.6. The summed E-state index contributed by atoms with van der Waals surface area (Å²) < 4.78 is 17.2. The minimum absolute atomic E-state index is 0.0347. The monoisotopic (exact) mass is 1340 g/mol. The van der Waals surface area contributed by atoms with E-state index in [4.69, 9.17) is 4.74 Å². The number of nitrogens with zero attached hydrogens (tertiary/aromatic N) is 14. The number of urea groups is 2. The van der Waals surface area contributed by atoms with Crippen molar-refractivity contribution in [2.75, 3.05) is 222 Å². The van der Waals surface area contributed by atoms with Gasteiger partial charge in [0, 0.05) is 120 Å². The van der Waals surface area contributed by atoms with Crippen molar-refractivity contribution in [3.8, 4) is 0 Å². The molecule has 0 unspecified atom stereocenters. The number of hydrogen-bond acceptors (Lipinski definition) is 20. The summed E-state index contributed by atoms with van der Waals surface area (Å²) in [5.41, 5.74) is 0.743. The zero-order valence-corrected chi connectivity index (χ0v) is 60.2. The molecule has 12 saturated heterocycles. The average Bonchev–Trinajstić information content (AvgIpc) is 1.97. The summed E-state index contributed by atoms with van der Waals surface area (Å²) in [6.45, 7) is 22.7. The van der Waals surface area contributed by atoms with Crippen LogP contribution in [0.4, 0.5) is 19.2 Å². The fourth-order valence-corrected chi connectivity index (χ4v) is 10.1. The van der Waals surface area contributed by atoms with Gasteiger partial charge in [0.1, 0.15) is 6.61 Å². The third kappa shape index (κ3) is 38.7. The highest BCUT2D eigenvalue weighted by Gasteiger charge is 2.37. The Morgan fingerprint density at radius 2 is 0.947 bits per heavy atom. The molecule has 95 heavy (non-hydrogen) atoms. The molecule has 14 rings (SSSR count). The van der Waals surface area contributed by atoms with E-state index in [2.05, 4.69) is 102 Å². The van der Waals surface area contributed by atoms with E-state index in [0.717, 1.165) is 55.7 Å². The van der Waals surface area contributed by atoms with Crippen LogP contribution in [0.1, 0.15) is 89.9 Å². The number of nitrogens with one attached hydrogen (secondary N) is 3. The molecule has 0 saturated carbocycles. The summed E-state index contributed by atoms with van der Waals surface area (Å²) in [5, 5.41) is 12.3. The Hall–Kier alpha value is -6.60. The second-order valence-electron chi connectivity index (χ2n) is 25.5. The van der Waals surface area contributed by atoms with Gasteiger partial charge in [-0.2, -0.15) is 5.10 Å². The van der Waals surface area contributed by atoms with Crippen molar-refractivity contribution < 1.29 is 52.6 Å². The van der Waals surface area contributed by atoms with Crippen molar-refractivity contribution in [2.24, 2.45) is 19.5 Å². The number of aryl methyl sites for hydroxylation is 2. The smallest absolute Gasteiger partial charge is 0.416 e. The Morgan fingerprint density at radius 3 is 1.15 bits per heavy atom. The molecule has 0 aromatic carbocycles. The molecule has 2 aromatic rings. The summed E-state index contributed by atoms with van der Waals surface area (Å²) in [6, 6.07) is 6.69. The molecular formula is C66H121N17O12. The van der Waals surface area contributed by atoms with Crippen molar-refractivity contribution in [1.29, 1.82) is 0 Å². The second-order valence-corrected chi connectivity index (χ2v) is 25.5. The predicted molar refractivity (Wildman–Crippen MR) is 369 cm³/mol. The molecule has 0 atom stereocenters. The molecule has 10 amide bonds. The Kier molecular flexibility index (Phi) is 43.6. The number of ether oxygens (including phenoxy) is 3. The Bertz CT molecular complexity index is 2330. The third-order valence-electron chi connectivity index (χ3n) is 17.1. The van der Waals surface area contributed by atoms with Gasteiger partial charge in [-0.3, -0.25) is 38.5 Å². The van der Waals surface area contributed by atoms with Gasteiger partial charge in [-0.25, -0.2) is 24.1 Å². The molecule has 29 heteroatoms. The number of carbonyl (C=O) groups excluding carboxylic acids is 8. The van der Waals surface area contributed by atoms with Crippen LogP contribution in [0.2, 0.25) is 0 Å². The Labute approximate surface area is 566 Å². The van der Waals surface area contributed by atoms with Gasteiger partial charge < -0.3 is 73.9 Å². The minimum atomic E-state index is -0.560. The molecule has 12 aliphatic rings. The van der Waals surface area contributed by atoms with Gasteiger partial charge >= 0.3 is 24.2 Å². The molecular weight excluding hydrogens is 1220 g/mol. The quantitative estimate of drug-likeness (QED) is 0.253. The largest absolute Gasteiger partial charge is 0.448 e. The first-order valence-electron chi connectivity index (χ1n) is 33.8. The number of likely N-dealkylation sites (tertiary alicyclic amines) is 6. The number of morpholine rings is 1. The fourth-order valence-electron chi connectivity index (χ4n) is 10.1. The standard InChI is InChI=1S/C9H18N2.C6H7NO.2C6H13N.C5H7NO2.C5H11NO.C5H11N.C4H6N2O2.C4H8N2O.C4H6N2.C4H5NO3.C4H7NO2.C4H9N/c1-11-7-4-9(8-11)2-5-10-6-3-9;1-7-5-3-2-4-6(7)8;2*1-7-5-3-2-4-6-7;1-6-4(7)2-3-5(6)8;1-6-2-4-7-5-3-6;1-6-4-2-3-5-6;1-6-3(7)2-5-4(6)8;1-6-3-2-5-4(6)7;1-6-4-2-3-5-6;1-5-3(6)2-8-4(5)7;1-5-2-3-7-4(5)6;1-5-3-2-4-5/h10H,2-8H2,1H3;2-5H,1H3;2*2-6H2,1H3;2-3H2,1H3;2-5H2,1H3;2-5H2,1H3;2H2,1H3,(H,5,8);2-3H2,1H3,(H,5,7);2-4H,1H3;2H2,1H3;2-3H2,1H3;2-4H2,1H3. The Balaban J connectivity index is 0.000000352. The lowest BCUT2D eigenvalue weighted by Gasteiger charge is -2.33. The number of rotatable bonds is 0. The molecule has 0 bridgehead atoms. The maximum Gasteiger partial charge on any atom is 0.416 e. The topological polar surface area (TPSA) is 276 Å². The number of piperidine rings is 3. The molecule has 0 radical (unpaired) electrons. The van der Waals surface area contributed by atoms with Gasteiger partial charge in [-0.1, -0.05) is 18.9 Å².